The van der Waals surface area contributed by atoms with E-state index in [9.17, 15) is 4.39 Å². The maximum Gasteiger partial charge on any atom is 0.215 e. The number of piperidine rings is 1. The fraction of sp³-hybridized carbons (Fsp3) is 0.522. The van der Waals surface area contributed by atoms with Crippen LogP contribution in [0, 0.1) is 18.7 Å². The molecule has 2 unspecified atom stereocenters. The van der Waals surface area contributed by atoms with Crippen LogP contribution in [0.3, 0.4) is 0 Å². The zero-order valence-corrected chi connectivity index (χ0v) is 19.1. The number of anilines is 1. The number of fused-ring (bicyclic) bond motifs is 1. The van der Waals surface area contributed by atoms with E-state index in [1.165, 1.54) is 6.07 Å². The summed E-state index contributed by atoms with van der Waals surface area (Å²) in [5.74, 6) is 2.01. The van der Waals surface area contributed by atoms with Gasteiger partial charge in [-0.25, -0.2) is 9.37 Å². The molecule has 0 aliphatic carbocycles. The monoisotopic (exact) mass is 451 g/mol. The molecule has 4 rings (SSSR count). The van der Waals surface area contributed by atoms with Gasteiger partial charge in [-0.3, -0.25) is 4.90 Å². The Labute approximate surface area is 189 Å². The second-order valence-corrected chi connectivity index (χ2v) is 8.12. The predicted molar refractivity (Wildman–Crippen MR) is 121 cm³/mol. The molecule has 1 aromatic heterocycles. The number of nitrogens with zero attached hydrogens (tertiary/aromatic N) is 2. The molecule has 3 heterocycles. The van der Waals surface area contributed by atoms with Crippen molar-refractivity contribution in [3.8, 4) is 17.4 Å². The lowest BCUT2D eigenvalue weighted by molar-refractivity contribution is 0.132. The summed E-state index contributed by atoms with van der Waals surface area (Å²) < 4.78 is 31.2. The molecule has 1 fully saturated rings. The van der Waals surface area contributed by atoms with Gasteiger partial charge in [-0.2, -0.15) is 0 Å². The third-order valence-electron chi connectivity index (χ3n) is 5.94. The van der Waals surface area contributed by atoms with Crippen molar-refractivity contribution in [3.63, 3.8) is 0 Å². The Bertz CT molecular complexity index is 899. The number of nitrogens with one attached hydrogen (secondary N) is 1. The fourth-order valence-electron chi connectivity index (χ4n) is 4.32. The van der Waals surface area contributed by atoms with E-state index >= 15 is 0 Å². The Balaban J connectivity index is 0.00000272. The van der Waals surface area contributed by atoms with E-state index in [0.29, 0.717) is 42.1 Å². The molecule has 0 bridgehead atoms. The molecule has 1 saturated heterocycles. The van der Waals surface area contributed by atoms with Gasteiger partial charge in [-0.1, -0.05) is 0 Å². The third kappa shape index (κ3) is 5.52. The molecule has 170 valence electrons. The summed E-state index contributed by atoms with van der Waals surface area (Å²) in [6.07, 6.45) is 2.25. The van der Waals surface area contributed by atoms with Gasteiger partial charge in [0.05, 0.1) is 7.11 Å². The van der Waals surface area contributed by atoms with Gasteiger partial charge in [0.2, 0.25) is 5.88 Å². The lowest BCUT2D eigenvalue weighted by atomic mass is 9.94. The molecule has 31 heavy (non-hydrogen) atoms. The van der Waals surface area contributed by atoms with E-state index in [-0.39, 0.29) is 24.3 Å². The molecule has 0 radical (unpaired) electrons. The first-order valence-electron chi connectivity index (χ1n) is 10.6. The van der Waals surface area contributed by atoms with Gasteiger partial charge in [-0.05, 0) is 51.3 Å². The van der Waals surface area contributed by atoms with Crippen LogP contribution >= 0.6 is 12.4 Å². The largest absolute Gasteiger partial charge is 0.486 e. The molecule has 1 N–H and O–H groups in total. The zero-order chi connectivity index (χ0) is 21.1. The number of methoxy groups -OCH3 is 1. The summed E-state index contributed by atoms with van der Waals surface area (Å²) in [7, 11) is 1.63. The van der Waals surface area contributed by atoms with Crippen molar-refractivity contribution in [2.75, 3.05) is 45.3 Å². The summed E-state index contributed by atoms with van der Waals surface area (Å²) in [4.78, 5) is 6.69. The highest BCUT2D eigenvalue weighted by atomic mass is 35.5. The summed E-state index contributed by atoms with van der Waals surface area (Å²) in [6, 6.07) is 7.19. The van der Waals surface area contributed by atoms with Crippen LogP contribution in [0.5, 0.6) is 17.4 Å². The summed E-state index contributed by atoms with van der Waals surface area (Å²) >= 11 is 0. The smallest absolute Gasteiger partial charge is 0.215 e. The quantitative estimate of drug-likeness (QED) is 0.691. The number of hydrogen-bond donors (Lipinski definition) is 1. The predicted octanol–water partition coefficient (Wildman–Crippen LogP) is 4.62. The first-order chi connectivity index (χ1) is 14.5. The molecular formula is C23H31ClFN3O3. The van der Waals surface area contributed by atoms with Crippen LogP contribution in [0.1, 0.15) is 37.1 Å². The third-order valence-corrected chi connectivity index (χ3v) is 5.94. The highest BCUT2D eigenvalue weighted by Gasteiger charge is 2.27. The maximum absolute atomic E-state index is 14.8. The molecule has 2 aromatic rings. The van der Waals surface area contributed by atoms with E-state index < -0.39 is 0 Å². The van der Waals surface area contributed by atoms with Crippen molar-refractivity contribution < 1.29 is 18.6 Å². The normalized spacial score (nSPS) is 19.3. The van der Waals surface area contributed by atoms with Crippen molar-refractivity contribution >= 4 is 18.1 Å². The van der Waals surface area contributed by atoms with Gasteiger partial charge in [-0.15, -0.1) is 12.4 Å². The Morgan fingerprint density at radius 2 is 1.97 bits per heavy atom. The maximum atomic E-state index is 14.8. The van der Waals surface area contributed by atoms with E-state index in [4.69, 9.17) is 14.2 Å². The first-order valence-corrected chi connectivity index (χ1v) is 10.6. The van der Waals surface area contributed by atoms with Crippen LogP contribution in [0.15, 0.2) is 24.3 Å². The molecule has 2 aliphatic rings. The van der Waals surface area contributed by atoms with Gasteiger partial charge in [0.25, 0.3) is 0 Å². The Morgan fingerprint density at radius 1 is 1.23 bits per heavy atom. The van der Waals surface area contributed by atoms with E-state index in [1.807, 2.05) is 25.1 Å². The van der Waals surface area contributed by atoms with Crippen LogP contribution in [0.25, 0.3) is 0 Å². The Morgan fingerprint density at radius 3 is 2.71 bits per heavy atom. The lowest BCUT2D eigenvalue weighted by Crippen LogP contribution is -2.39. The van der Waals surface area contributed by atoms with Crippen molar-refractivity contribution in [3.05, 3.63) is 41.3 Å². The number of pyridine rings is 1. The SMILES string of the molecule is COc1cc(NCC2CCCN(C(C)c3cc4c(cc3F)OCCO4)C2)cc(C)n1.Cl. The number of benzene rings is 1. The van der Waals surface area contributed by atoms with Gasteiger partial charge in [0.1, 0.15) is 19.0 Å². The van der Waals surface area contributed by atoms with Crippen LogP contribution in [0.4, 0.5) is 10.1 Å². The minimum absolute atomic E-state index is 0. The average Bonchev–Trinajstić information content (AvgIpc) is 2.76. The van der Waals surface area contributed by atoms with Gasteiger partial charge >= 0.3 is 0 Å². The van der Waals surface area contributed by atoms with E-state index in [0.717, 1.165) is 43.9 Å². The zero-order valence-electron chi connectivity index (χ0n) is 18.3. The van der Waals surface area contributed by atoms with Crippen molar-refractivity contribution in [2.24, 2.45) is 5.92 Å². The lowest BCUT2D eigenvalue weighted by Gasteiger charge is -2.37. The first kappa shape index (κ1) is 23.4. The van der Waals surface area contributed by atoms with Crippen molar-refractivity contribution in [1.29, 1.82) is 0 Å². The Hall–Kier alpha value is -2.25. The standard InChI is InChI=1S/C23H30FN3O3.ClH/c1-15-9-18(10-23(26-15)28-3)25-13-17-5-4-6-27(14-17)16(2)19-11-21-22(12-20(19)24)30-8-7-29-21;/h9-12,16-17H,4-8,13-14H2,1-3H3,(H,25,26);1H. The number of ether oxygens (including phenoxy) is 3. The molecule has 0 saturated carbocycles. The number of aryl methyl sites for hydroxylation is 1. The summed E-state index contributed by atoms with van der Waals surface area (Å²) in [5.41, 5.74) is 2.61. The van der Waals surface area contributed by atoms with Crippen LogP contribution < -0.4 is 19.5 Å². The van der Waals surface area contributed by atoms with Crippen LogP contribution in [-0.4, -0.2) is 49.8 Å². The molecule has 1 aromatic carbocycles. The van der Waals surface area contributed by atoms with Gasteiger partial charge < -0.3 is 19.5 Å². The fourth-order valence-corrected chi connectivity index (χ4v) is 4.32. The second-order valence-electron chi connectivity index (χ2n) is 8.12. The average molecular weight is 452 g/mol. The number of rotatable bonds is 6. The molecule has 0 amide bonds. The van der Waals surface area contributed by atoms with Crippen LogP contribution in [0.2, 0.25) is 0 Å². The van der Waals surface area contributed by atoms with Gasteiger partial charge in [0, 0.05) is 48.2 Å². The Kier molecular flexibility index (Phi) is 7.84. The van der Waals surface area contributed by atoms with Crippen molar-refractivity contribution in [1.82, 2.24) is 9.88 Å². The summed E-state index contributed by atoms with van der Waals surface area (Å²) in [6.45, 7) is 7.74. The van der Waals surface area contributed by atoms with Gasteiger partial charge in [0.15, 0.2) is 11.5 Å². The van der Waals surface area contributed by atoms with Crippen molar-refractivity contribution in [2.45, 2.75) is 32.7 Å². The number of aromatic nitrogens is 1. The number of halogens is 2. The second kappa shape index (κ2) is 10.4. The molecular weight excluding hydrogens is 421 g/mol. The highest BCUT2D eigenvalue weighted by Crippen LogP contribution is 2.37. The van der Waals surface area contributed by atoms with Crippen LogP contribution in [-0.2, 0) is 0 Å². The van der Waals surface area contributed by atoms with E-state index in [1.54, 1.807) is 7.11 Å². The number of likely N-dealkylation sites (tertiary alicyclic amines) is 1. The minimum atomic E-state index is -0.230. The molecule has 0 spiro atoms. The highest BCUT2D eigenvalue weighted by molar-refractivity contribution is 5.85. The molecule has 6 nitrogen and oxygen atoms in total. The topological polar surface area (TPSA) is 55.9 Å². The van der Waals surface area contributed by atoms with E-state index in [2.05, 4.69) is 22.1 Å². The molecule has 2 aliphatic heterocycles. The molecule has 8 heteroatoms. The molecule has 2 atom stereocenters. The number of hydrogen-bond acceptors (Lipinski definition) is 6. The summed E-state index contributed by atoms with van der Waals surface area (Å²) in [5, 5.41) is 3.52. The minimum Gasteiger partial charge on any atom is -0.486 e.